The molecule has 2 heterocycles. The highest BCUT2D eigenvalue weighted by Crippen LogP contribution is 2.24. The summed E-state index contributed by atoms with van der Waals surface area (Å²) in [6.07, 6.45) is 3.63. The lowest BCUT2D eigenvalue weighted by Crippen LogP contribution is -2.39. The highest BCUT2D eigenvalue weighted by molar-refractivity contribution is 7.07. The molecule has 0 saturated carbocycles. The SMILES string of the molecule is CCCC1CN(CCc2ccsc2)c2ccccc2CN1. The number of anilines is 1. The van der Waals surface area contributed by atoms with Crippen molar-refractivity contribution in [1.29, 1.82) is 0 Å². The van der Waals surface area contributed by atoms with Crippen LogP contribution in [0.4, 0.5) is 5.69 Å². The Kier molecular flexibility index (Phi) is 4.94. The van der Waals surface area contributed by atoms with Gasteiger partial charge in [-0.25, -0.2) is 0 Å². The molecule has 0 bridgehead atoms. The predicted octanol–water partition coefficient (Wildman–Crippen LogP) is 4.07. The zero-order chi connectivity index (χ0) is 14.5. The van der Waals surface area contributed by atoms with Crippen LogP contribution in [0.3, 0.4) is 0 Å². The van der Waals surface area contributed by atoms with E-state index in [1.54, 1.807) is 11.3 Å². The highest BCUT2D eigenvalue weighted by Gasteiger charge is 2.20. The summed E-state index contributed by atoms with van der Waals surface area (Å²) < 4.78 is 0. The molecule has 1 unspecified atom stereocenters. The summed E-state index contributed by atoms with van der Waals surface area (Å²) in [5.74, 6) is 0. The van der Waals surface area contributed by atoms with E-state index in [0.29, 0.717) is 6.04 Å². The number of hydrogen-bond donors (Lipinski definition) is 1. The fraction of sp³-hybridized carbons (Fsp3) is 0.444. The lowest BCUT2D eigenvalue weighted by Gasteiger charge is -2.27. The fourth-order valence-corrected chi connectivity index (χ4v) is 3.81. The quantitative estimate of drug-likeness (QED) is 0.895. The van der Waals surface area contributed by atoms with E-state index in [4.69, 9.17) is 0 Å². The fourth-order valence-electron chi connectivity index (χ4n) is 3.10. The summed E-state index contributed by atoms with van der Waals surface area (Å²) in [6.45, 7) is 5.50. The average Bonchev–Trinajstić information content (AvgIpc) is 2.96. The van der Waals surface area contributed by atoms with Gasteiger partial charge in [0, 0.05) is 31.4 Å². The lowest BCUT2D eigenvalue weighted by molar-refractivity contribution is 0.480. The van der Waals surface area contributed by atoms with Crippen molar-refractivity contribution in [3.05, 3.63) is 52.2 Å². The first kappa shape index (κ1) is 14.6. The van der Waals surface area contributed by atoms with Gasteiger partial charge in [0.15, 0.2) is 0 Å². The monoisotopic (exact) mass is 300 g/mol. The van der Waals surface area contributed by atoms with Crippen LogP contribution in [-0.2, 0) is 13.0 Å². The van der Waals surface area contributed by atoms with Crippen LogP contribution in [0, 0.1) is 0 Å². The third kappa shape index (κ3) is 3.66. The number of para-hydroxylation sites is 1. The summed E-state index contributed by atoms with van der Waals surface area (Å²) in [5, 5.41) is 8.17. The van der Waals surface area contributed by atoms with Crippen LogP contribution in [0.15, 0.2) is 41.1 Å². The largest absolute Gasteiger partial charge is 0.369 e. The Bertz CT molecular complexity index is 550. The maximum Gasteiger partial charge on any atom is 0.0412 e. The molecule has 1 N–H and O–H groups in total. The van der Waals surface area contributed by atoms with Crippen molar-refractivity contribution in [2.75, 3.05) is 18.0 Å². The third-order valence-corrected chi connectivity index (χ3v) is 4.97. The molecular formula is C18H24N2S. The van der Waals surface area contributed by atoms with E-state index in [1.165, 1.54) is 29.7 Å². The van der Waals surface area contributed by atoms with Crippen molar-refractivity contribution in [2.24, 2.45) is 0 Å². The van der Waals surface area contributed by atoms with E-state index in [0.717, 1.165) is 26.1 Å². The first-order chi connectivity index (χ1) is 10.4. The molecule has 1 aliphatic rings. The molecule has 1 aromatic carbocycles. The zero-order valence-corrected chi connectivity index (χ0v) is 13.5. The van der Waals surface area contributed by atoms with Crippen molar-refractivity contribution in [3.63, 3.8) is 0 Å². The second-order valence-corrected chi connectivity index (χ2v) is 6.60. The van der Waals surface area contributed by atoms with Crippen molar-refractivity contribution < 1.29 is 0 Å². The van der Waals surface area contributed by atoms with Crippen LogP contribution >= 0.6 is 11.3 Å². The molecule has 1 aromatic heterocycles. The minimum Gasteiger partial charge on any atom is -0.369 e. The van der Waals surface area contributed by atoms with Gasteiger partial charge in [-0.1, -0.05) is 31.5 Å². The van der Waals surface area contributed by atoms with Gasteiger partial charge in [0.25, 0.3) is 0 Å². The van der Waals surface area contributed by atoms with Gasteiger partial charge in [-0.15, -0.1) is 0 Å². The van der Waals surface area contributed by atoms with Crippen LogP contribution in [0.25, 0.3) is 0 Å². The Balaban J connectivity index is 1.76. The van der Waals surface area contributed by atoms with Gasteiger partial charge in [0.2, 0.25) is 0 Å². The summed E-state index contributed by atoms with van der Waals surface area (Å²) in [4.78, 5) is 2.58. The molecule has 3 rings (SSSR count). The molecule has 112 valence electrons. The van der Waals surface area contributed by atoms with Crippen molar-refractivity contribution >= 4 is 17.0 Å². The Labute approximate surface area is 131 Å². The molecule has 0 amide bonds. The molecule has 3 heteroatoms. The number of benzene rings is 1. The first-order valence-corrected chi connectivity index (χ1v) is 8.88. The second kappa shape index (κ2) is 7.10. The molecule has 1 atom stereocenters. The Hall–Kier alpha value is -1.32. The van der Waals surface area contributed by atoms with Crippen LogP contribution < -0.4 is 10.2 Å². The Morgan fingerprint density at radius 1 is 1.29 bits per heavy atom. The molecule has 1 aliphatic heterocycles. The van der Waals surface area contributed by atoms with E-state index in [1.807, 2.05) is 0 Å². The van der Waals surface area contributed by atoms with E-state index in [-0.39, 0.29) is 0 Å². The van der Waals surface area contributed by atoms with Crippen LogP contribution in [0.2, 0.25) is 0 Å². The van der Waals surface area contributed by atoms with Crippen molar-refractivity contribution in [2.45, 2.75) is 38.8 Å². The number of hydrogen-bond acceptors (Lipinski definition) is 3. The highest BCUT2D eigenvalue weighted by atomic mass is 32.1. The van der Waals surface area contributed by atoms with Gasteiger partial charge in [-0.3, -0.25) is 0 Å². The first-order valence-electron chi connectivity index (χ1n) is 7.94. The standard InChI is InChI=1S/C18H24N2S/c1-2-5-17-13-20(10-8-15-9-11-21-14-15)18-7-4-3-6-16(18)12-19-17/h3-4,6-7,9,11,14,17,19H,2,5,8,10,12-13H2,1H3. The maximum absolute atomic E-state index is 3.72. The molecule has 0 radical (unpaired) electrons. The number of nitrogens with one attached hydrogen (secondary N) is 1. The number of fused-ring (bicyclic) bond motifs is 1. The summed E-state index contributed by atoms with van der Waals surface area (Å²) in [6, 6.07) is 11.7. The number of nitrogens with zero attached hydrogens (tertiary/aromatic N) is 1. The van der Waals surface area contributed by atoms with Gasteiger partial charge in [-0.05, 0) is 46.9 Å². The van der Waals surface area contributed by atoms with Gasteiger partial charge >= 0.3 is 0 Å². The topological polar surface area (TPSA) is 15.3 Å². The number of thiophene rings is 1. The normalized spacial score (nSPS) is 18.3. The van der Waals surface area contributed by atoms with Gasteiger partial charge in [-0.2, -0.15) is 11.3 Å². The van der Waals surface area contributed by atoms with E-state index >= 15 is 0 Å². The minimum atomic E-state index is 0.602. The predicted molar refractivity (Wildman–Crippen MR) is 92.2 cm³/mol. The molecule has 0 saturated heterocycles. The Morgan fingerprint density at radius 3 is 3.00 bits per heavy atom. The molecule has 2 nitrogen and oxygen atoms in total. The molecule has 0 spiro atoms. The smallest absolute Gasteiger partial charge is 0.0412 e. The van der Waals surface area contributed by atoms with Gasteiger partial charge in [0.05, 0.1) is 0 Å². The lowest BCUT2D eigenvalue weighted by atomic mass is 10.1. The summed E-state index contributed by atoms with van der Waals surface area (Å²) >= 11 is 1.79. The molecular weight excluding hydrogens is 276 g/mol. The van der Waals surface area contributed by atoms with E-state index in [9.17, 15) is 0 Å². The molecule has 0 fully saturated rings. The second-order valence-electron chi connectivity index (χ2n) is 5.82. The third-order valence-electron chi connectivity index (χ3n) is 4.24. The minimum absolute atomic E-state index is 0.602. The van der Waals surface area contributed by atoms with E-state index in [2.05, 4.69) is 58.2 Å². The molecule has 0 aliphatic carbocycles. The van der Waals surface area contributed by atoms with Crippen LogP contribution in [0.1, 0.15) is 30.9 Å². The Morgan fingerprint density at radius 2 is 2.19 bits per heavy atom. The number of rotatable bonds is 5. The van der Waals surface area contributed by atoms with E-state index < -0.39 is 0 Å². The van der Waals surface area contributed by atoms with Crippen molar-refractivity contribution in [1.82, 2.24) is 5.32 Å². The van der Waals surface area contributed by atoms with Gasteiger partial charge < -0.3 is 10.2 Å². The van der Waals surface area contributed by atoms with Crippen molar-refractivity contribution in [3.8, 4) is 0 Å². The summed E-state index contributed by atoms with van der Waals surface area (Å²) in [7, 11) is 0. The maximum atomic E-state index is 3.72. The summed E-state index contributed by atoms with van der Waals surface area (Å²) in [5.41, 5.74) is 4.31. The van der Waals surface area contributed by atoms with Crippen LogP contribution in [0.5, 0.6) is 0 Å². The molecule has 21 heavy (non-hydrogen) atoms. The average molecular weight is 300 g/mol. The van der Waals surface area contributed by atoms with Gasteiger partial charge in [0.1, 0.15) is 0 Å². The zero-order valence-electron chi connectivity index (χ0n) is 12.7. The van der Waals surface area contributed by atoms with Crippen LogP contribution in [-0.4, -0.2) is 19.1 Å². The molecule has 2 aromatic rings.